The number of thioether (sulfide) groups is 1. The number of carbonyl (C=O) groups is 1. The lowest BCUT2D eigenvalue weighted by atomic mass is 9.97. The number of likely N-dealkylation sites (tertiary alicyclic amines) is 1. The predicted octanol–water partition coefficient (Wildman–Crippen LogP) is 6.10. The standard InChI is InChI=1S/C20H18Cl2N2OS2/c21-14-4-3-5-15(22)19(14)26-12-18(25)24-10-8-13(9-11-24)20-23-16-6-1-2-7-17(16)27-20/h1-7,13H,8-12H2. The van der Waals surface area contributed by atoms with Gasteiger partial charge in [-0.25, -0.2) is 4.98 Å². The predicted molar refractivity (Wildman–Crippen MR) is 115 cm³/mol. The molecule has 1 fully saturated rings. The molecule has 0 unspecified atom stereocenters. The molecule has 1 aliphatic rings. The maximum atomic E-state index is 12.6. The smallest absolute Gasteiger partial charge is 0.232 e. The molecule has 0 saturated carbocycles. The first-order valence-electron chi connectivity index (χ1n) is 8.82. The molecule has 2 heterocycles. The second-order valence-electron chi connectivity index (χ2n) is 6.51. The Morgan fingerprint density at radius 3 is 2.52 bits per heavy atom. The number of carbonyl (C=O) groups excluding carboxylic acids is 1. The number of fused-ring (bicyclic) bond motifs is 1. The lowest BCUT2D eigenvalue weighted by Crippen LogP contribution is -2.38. The lowest BCUT2D eigenvalue weighted by Gasteiger charge is -2.31. The molecule has 1 aliphatic heterocycles. The van der Waals surface area contributed by atoms with Crippen LogP contribution in [0.4, 0.5) is 0 Å². The lowest BCUT2D eigenvalue weighted by molar-refractivity contribution is -0.129. The van der Waals surface area contributed by atoms with Gasteiger partial charge in [-0.2, -0.15) is 0 Å². The van der Waals surface area contributed by atoms with E-state index in [1.54, 1.807) is 23.5 Å². The Hall–Kier alpha value is -1.27. The minimum atomic E-state index is 0.138. The molecule has 3 nitrogen and oxygen atoms in total. The highest BCUT2D eigenvalue weighted by Gasteiger charge is 2.26. The van der Waals surface area contributed by atoms with Crippen LogP contribution >= 0.6 is 46.3 Å². The zero-order valence-electron chi connectivity index (χ0n) is 14.5. The number of halogens is 2. The molecule has 2 aromatic carbocycles. The largest absolute Gasteiger partial charge is 0.342 e. The molecule has 0 N–H and O–H groups in total. The Kier molecular flexibility index (Phi) is 5.93. The number of para-hydroxylation sites is 1. The van der Waals surface area contributed by atoms with Gasteiger partial charge in [0.2, 0.25) is 5.91 Å². The molecule has 0 radical (unpaired) electrons. The highest BCUT2D eigenvalue weighted by Crippen LogP contribution is 2.36. The summed E-state index contributed by atoms with van der Waals surface area (Å²) in [7, 11) is 0. The number of benzene rings is 2. The first kappa shape index (κ1) is 19.1. The van der Waals surface area contributed by atoms with Crippen LogP contribution in [-0.2, 0) is 4.79 Å². The fourth-order valence-electron chi connectivity index (χ4n) is 3.29. The van der Waals surface area contributed by atoms with E-state index >= 15 is 0 Å². The van der Waals surface area contributed by atoms with Gasteiger partial charge in [0.25, 0.3) is 0 Å². The number of piperidine rings is 1. The van der Waals surface area contributed by atoms with Crippen molar-refractivity contribution in [2.45, 2.75) is 23.7 Å². The Morgan fingerprint density at radius 1 is 1.11 bits per heavy atom. The average molecular weight is 437 g/mol. The van der Waals surface area contributed by atoms with Gasteiger partial charge < -0.3 is 4.90 Å². The monoisotopic (exact) mass is 436 g/mol. The maximum Gasteiger partial charge on any atom is 0.232 e. The van der Waals surface area contributed by atoms with Crippen LogP contribution in [0.15, 0.2) is 47.4 Å². The summed E-state index contributed by atoms with van der Waals surface area (Å²) in [5.74, 6) is 0.936. The molecule has 1 amide bonds. The minimum Gasteiger partial charge on any atom is -0.342 e. The van der Waals surface area contributed by atoms with E-state index in [0.29, 0.717) is 21.7 Å². The molecular weight excluding hydrogens is 419 g/mol. The van der Waals surface area contributed by atoms with E-state index in [4.69, 9.17) is 28.2 Å². The Morgan fingerprint density at radius 2 is 1.81 bits per heavy atom. The van der Waals surface area contributed by atoms with E-state index in [2.05, 4.69) is 18.2 Å². The van der Waals surface area contributed by atoms with Crippen LogP contribution < -0.4 is 0 Å². The minimum absolute atomic E-state index is 0.138. The van der Waals surface area contributed by atoms with Crippen LogP contribution in [0.3, 0.4) is 0 Å². The second-order valence-corrected chi connectivity index (χ2v) is 9.38. The normalized spacial score (nSPS) is 15.4. The van der Waals surface area contributed by atoms with E-state index in [-0.39, 0.29) is 5.91 Å². The number of hydrogen-bond acceptors (Lipinski definition) is 4. The van der Waals surface area contributed by atoms with Crippen molar-refractivity contribution in [1.29, 1.82) is 0 Å². The van der Waals surface area contributed by atoms with Crippen molar-refractivity contribution in [1.82, 2.24) is 9.88 Å². The van der Waals surface area contributed by atoms with Crippen molar-refractivity contribution in [3.63, 3.8) is 0 Å². The fourth-order valence-corrected chi connectivity index (χ4v) is 6.01. The molecule has 140 valence electrons. The molecule has 3 aromatic rings. The number of thiazole rings is 1. The zero-order valence-corrected chi connectivity index (χ0v) is 17.7. The van der Waals surface area contributed by atoms with Crippen LogP contribution in [0.5, 0.6) is 0 Å². The van der Waals surface area contributed by atoms with Crippen LogP contribution in [0.25, 0.3) is 10.2 Å². The van der Waals surface area contributed by atoms with E-state index in [9.17, 15) is 4.79 Å². The molecule has 1 saturated heterocycles. The van der Waals surface area contributed by atoms with Crippen LogP contribution in [0.2, 0.25) is 10.0 Å². The molecular formula is C20H18Cl2N2OS2. The SMILES string of the molecule is O=C(CSc1c(Cl)cccc1Cl)N1CCC(c2nc3ccccc3s2)CC1. The highest BCUT2D eigenvalue weighted by atomic mass is 35.5. The molecule has 0 bridgehead atoms. The molecule has 4 rings (SSSR count). The van der Waals surface area contributed by atoms with Crippen molar-refractivity contribution < 1.29 is 4.79 Å². The summed E-state index contributed by atoms with van der Waals surface area (Å²) in [6.45, 7) is 1.55. The summed E-state index contributed by atoms with van der Waals surface area (Å²) in [4.78, 5) is 20.1. The van der Waals surface area contributed by atoms with Crippen molar-refractivity contribution in [3.8, 4) is 0 Å². The van der Waals surface area contributed by atoms with Gasteiger partial charge in [0.1, 0.15) is 0 Å². The molecule has 27 heavy (non-hydrogen) atoms. The summed E-state index contributed by atoms with van der Waals surface area (Å²) in [5, 5.41) is 2.38. The third kappa shape index (κ3) is 4.27. The van der Waals surface area contributed by atoms with Gasteiger partial charge in [-0.15, -0.1) is 23.1 Å². The number of aromatic nitrogens is 1. The maximum absolute atomic E-state index is 12.6. The summed E-state index contributed by atoms with van der Waals surface area (Å²) in [5.41, 5.74) is 1.07. The van der Waals surface area contributed by atoms with Gasteiger partial charge in [-0.1, -0.05) is 41.4 Å². The average Bonchev–Trinajstić information content (AvgIpc) is 3.12. The number of amides is 1. The number of nitrogens with zero attached hydrogens (tertiary/aromatic N) is 2. The third-order valence-corrected chi connectivity index (χ3v) is 7.94. The zero-order chi connectivity index (χ0) is 18.8. The van der Waals surface area contributed by atoms with Gasteiger partial charge in [0, 0.05) is 23.9 Å². The van der Waals surface area contributed by atoms with Gasteiger partial charge in [0.15, 0.2) is 0 Å². The van der Waals surface area contributed by atoms with Crippen LogP contribution in [0.1, 0.15) is 23.8 Å². The Labute approximate surface area is 176 Å². The summed E-state index contributed by atoms with van der Waals surface area (Å²) in [6.07, 6.45) is 1.92. The number of rotatable bonds is 4. The van der Waals surface area contributed by atoms with Gasteiger partial charge in [0.05, 0.1) is 31.0 Å². The Bertz CT molecular complexity index is 914. The molecule has 0 spiro atoms. The van der Waals surface area contributed by atoms with Crippen molar-refractivity contribution >= 4 is 62.4 Å². The molecule has 0 aliphatic carbocycles. The molecule has 0 atom stereocenters. The van der Waals surface area contributed by atoms with Crippen LogP contribution in [-0.4, -0.2) is 34.6 Å². The molecule has 1 aromatic heterocycles. The fraction of sp³-hybridized carbons (Fsp3) is 0.300. The summed E-state index contributed by atoms with van der Waals surface area (Å²) < 4.78 is 1.24. The van der Waals surface area contributed by atoms with Crippen molar-refractivity contribution in [2.75, 3.05) is 18.8 Å². The van der Waals surface area contributed by atoms with Crippen molar-refractivity contribution in [2.24, 2.45) is 0 Å². The second kappa shape index (κ2) is 8.39. The van der Waals surface area contributed by atoms with E-state index in [1.807, 2.05) is 17.0 Å². The first-order valence-corrected chi connectivity index (χ1v) is 11.4. The van der Waals surface area contributed by atoms with Gasteiger partial charge in [-0.05, 0) is 37.1 Å². The van der Waals surface area contributed by atoms with E-state index < -0.39 is 0 Å². The summed E-state index contributed by atoms with van der Waals surface area (Å²) >= 11 is 15.6. The van der Waals surface area contributed by atoms with Gasteiger partial charge in [-0.3, -0.25) is 4.79 Å². The first-order chi connectivity index (χ1) is 13.1. The quantitative estimate of drug-likeness (QED) is 0.463. The third-order valence-electron chi connectivity index (χ3n) is 4.77. The van der Waals surface area contributed by atoms with Crippen molar-refractivity contribution in [3.05, 3.63) is 57.5 Å². The van der Waals surface area contributed by atoms with Gasteiger partial charge >= 0.3 is 0 Å². The highest BCUT2D eigenvalue weighted by molar-refractivity contribution is 8.00. The topological polar surface area (TPSA) is 33.2 Å². The van der Waals surface area contributed by atoms with E-state index in [0.717, 1.165) is 36.3 Å². The Balaban J connectivity index is 1.34. The number of hydrogen-bond donors (Lipinski definition) is 0. The summed E-state index contributed by atoms with van der Waals surface area (Å²) in [6, 6.07) is 13.7. The van der Waals surface area contributed by atoms with Crippen LogP contribution in [0, 0.1) is 0 Å². The molecule has 7 heteroatoms. The van der Waals surface area contributed by atoms with E-state index in [1.165, 1.54) is 21.5 Å².